The molecule has 1 aliphatic rings. The number of hydrogen-bond donors (Lipinski definition) is 1. The molecular weight excluding hydrogens is 453 g/mol. The minimum atomic E-state index is -0.270. The van der Waals surface area contributed by atoms with Gasteiger partial charge in [-0.3, -0.25) is 9.78 Å². The maximum atomic E-state index is 14.2. The first-order valence-corrected chi connectivity index (χ1v) is 12.5. The zero-order valence-corrected chi connectivity index (χ0v) is 20.6. The van der Waals surface area contributed by atoms with Crippen molar-refractivity contribution < 1.29 is 13.9 Å². The first kappa shape index (κ1) is 23.9. The van der Waals surface area contributed by atoms with Crippen LogP contribution in [0.1, 0.15) is 54.4 Å². The summed E-state index contributed by atoms with van der Waals surface area (Å²) in [5, 5.41) is 4.12. The van der Waals surface area contributed by atoms with E-state index in [2.05, 4.69) is 22.2 Å². The highest BCUT2D eigenvalue weighted by Crippen LogP contribution is 2.39. The monoisotopic (exact) mass is 483 g/mol. The molecule has 0 aliphatic heterocycles. The molecule has 5 nitrogen and oxygen atoms in total. The zero-order valence-electron chi connectivity index (χ0n) is 20.6. The summed E-state index contributed by atoms with van der Waals surface area (Å²) < 4.78 is 19.3. The van der Waals surface area contributed by atoms with Gasteiger partial charge in [-0.05, 0) is 85.9 Å². The minimum absolute atomic E-state index is 0.0559. The van der Waals surface area contributed by atoms with Gasteiger partial charge in [-0.25, -0.2) is 9.37 Å². The number of amides is 1. The molecule has 2 aromatic heterocycles. The number of nitrogens with zero attached hydrogens (tertiary/aromatic N) is 2. The van der Waals surface area contributed by atoms with Gasteiger partial charge in [0.05, 0.1) is 7.11 Å². The van der Waals surface area contributed by atoms with E-state index in [4.69, 9.17) is 4.74 Å². The Hall–Kier alpha value is -3.80. The van der Waals surface area contributed by atoms with E-state index < -0.39 is 0 Å². The highest BCUT2D eigenvalue weighted by Gasteiger charge is 2.28. The normalized spacial score (nSPS) is 18.5. The number of rotatable bonds is 6. The lowest BCUT2D eigenvalue weighted by molar-refractivity contribution is 0.0918. The van der Waals surface area contributed by atoms with Gasteiger partial charge in [-0.1, -0.05) is 24.3 Å². The molecule has 184 valence electrons. The summed E-state index contributed by atoms with van der Waals surface area (Å²) in [7, 11) is 1.59. The Morgan fingerprint density at radius 1 is 0.972 bits per heavy atom. The third-order valence-electron chi connectivity index (χ3n) is 7.46. The van der Waals surface area contributed by atoms with Gasteiger partial charge >= 0.3 is 0 Å². The van der Waals surface area contributed by atoms with Crippen LogP contribution in [0, 0.1) is 11.7 Å². The van der Waals surface area contributed by atoms with Crippen LogP contribution in [0.2, 0.25) is 0 Å². The first-order chi connectivity index (χ1) is 17.5. The fourth-order valence-corrected chi connectivity index (χ4v) is 5.34. The van der Waals surface area contributed by atoms with Gasteiger partial charge in [0.15, 0.2) is 0 Å². The molecule has 6 heteroatoms. The molecule has 1 N–H and O–H groups in total. The molecule has 0 saturated heterocycles. The van der Waals surface area contributed by atoms with E-state index >= 15 is 0 Å². The average molecular weight is 484 g/mol. The predicted molar refractivity (Wildman–Crippen MR) is 140 cm³/mol. The number of hydrogen-bond acceptors (Lipinski definition) is 4. The van der Waals surface area contributed by atoms with Crippen LogP contribution in [0.5, 0.6) is 5.88 Å². The lowest BCUT2D eigenvalue weighted by atomic mass is 9.75. The summed E-state index contributed by atoms with van der Waals surface area (Å²) >= 11 is 0. The lowest BCUT2D eigenvalue weighted by Crippen LogP contribution is -2.39. The number of fused-ring (bicyclic) bond motifs is 1. The van der Waals surface area contributed by atoms with Gasteiger partial charge in [0.2, 0.25) is 5.88 Å². The highest BCUT2D eigenvalue weighted by atomic mass is 19.1. The van der Waals surface area contributed by atoms with Gasteiger partial charge in [0, 0.05) is 41.0 Å². The van der Waals surface area contributed by atoms with E-state index in [1.807, 2.05) is 48.5 Å². The van der Waals surface area contributed by atoms with E-state index in [0.717, 1.165) is 42.2 Å². The molecule has 1 atom stereocenters. The fourth-order valence-electron chi connectivity index (χ4n) is 5.34. The van der Waals surface area contributed by atoms with Crippen molar-refractivity contribution in [3.05, 3.63) is 90.0 Å². The molecular formula is C30H30FN3O2. The van der Waals surface area contributed by atoms with Gasteiger partial charge in [-0.2, -0.15) is 0 Å². The van der Waals surface area contributed by atoms with Crippen LogP contribution in [0.3, 0.4) is 0 Å². The molecule has 1 saturated carbocycles. The second-order valence-corrected chi connectivity index (χ2v) is 9.58. The second-order valence-electron chi connectivity index (χ2n) is 9.58. The summed E-state index contributed by atoms with van der Waals surface area (Å²) in [6.07, 6.45) is 7.56. The minimum Gasteiger partial charge on any atom is -0.481 e. The first-order valence-electron chi connectivity index (χ1n) is 12.5. The van der Waals surface area contributed by atoms with E-state index in [-0.39, 0.29) is 17.8 Å². The predicted octanol–water partition coefficient (Wildman–Crippen LogP) is 6.54. The van der Waals surface area contributed by atoms with E-state index in [9.17, 15) is 9.18 Å². The van der Waals surface area contributed by atoms with Crippen LogP contribution in [0.15, 0.2) is 73.1 Å². The third-order valence-corrected chi connectivity index (χ3v) is 7.46. The number of nitrogens with one attached hydrogen (secondary N) is 1. The Labute approximate surface area is 210 Å². The standard InChI is InChI=1S/C30H30FN3O2/c1-19(34-30(35)23-12-8-21(9-13-23)24-14-15-28(36-2)33-18-24)20-6-10-22(11-7-20)25-16-17-32-29-26(25)4-3-5-27(29)31/h3-5,8-9,12-20,22H,6-7,10-11H2,1-2H3,(H,34,35)/t19-,20?,22?/m1/s1. The Balaban J connectivity index is 1.19. The molecule has 1 amide bonds. The third kappa shape index (κ3) is 4.94. The number of carbonyl (C=O) groups is 1. The Morgan fingerprint density at radius 2 is 1.72 bits per heavy atom. The van der Waals surface area contributed by atoms with Crippen LogP contribution in [-0.4, -0.2) is 29.0 Å². The van der Waals surface area contributed by atoms with Crippen molar-refractivity contribution in [2.75, 3.05) is 7.11 Å². The van der Waals surface area contributed by atoms with E-state index in [1.54, 1.807) is 25.6 Å². The van der Waals surface area contributed by atoms with E-state index in [1.165, 1.54) is 11.6 Å². The maximum absolute atomic E-state index is 14.2. The van der Waals surface area contributed by atoms with Crippen LogP contribution in [0.4, 0.5) is 4.39 Å². The molecule has 0 spiro atoms. The highest BCUT2D eigenvalue weighted by molar-refractivity contribution is 5.94. The Kier molecular flexibility index (Phi) is 6.94. The zero-order chi connectivity index (χ0) is 25.1. The molecule has 36 heavy (non-hydrogen) atoms. The van der Waals surface area contributed by atoms with Crippen LogP contribution in [-0.2, 0) is 0 Å². The Morgan fingerprint density at radius 3 is 2.42 bits per heavy atom. The Bertz CT molecular complexity index is 1350. The number of aromatic nitrogens is 2. The number of pyridine rings is 2. The van der Waals surface area contributed by atoms with Crippen molar-refractivity contribution in [2.24, 2.45) is 5.92 Å². The molecule has 1 fully saturated rings. The van der Waals surface area contributed by atoms with Crippen molar-refractivity contribution in [2.45, 2.75) is 44.6 Å². The molecule has 1 aliphatic carbocycles. The molecule has 0 bridgehead atoms. The summed E-state index contributed by atoms with van der Waals surface area (Å²) in [4.78, 5) is 21.4. The fraction of sp³-hybridized carbons (Fsp3) is 0.300. The second kappa shape index (κ2) is 10.4. The SMILES string of the molecule is COc1ccc(-c2ccc(C(=O)N[C@H](C)C3CCC(c4ccnc5c(F)cccc45)CC3)cc2)cn1. The van der Waals surface area contributed by atoms with Crippen molar-refractivity contribution >= 4 is 16.8 Å². The van der Waals surface area contributed by atoms with Crippen molar-refractivity contribution in [1.82, 2.24) is 15.3 Å². The molecule has 4 aromatic rings. The molecule has 0 radical (unpaired) electrons. The van der Waals surface area contributed by atoms with Crippen LogP contribution >= 0.6 is 0 Å². The topological polar surface area (TPSA) is 64.1 Å². The summed E-state index contributed by atoms with van der Waals surface area (Å²) in [6, 6.07) is 18.7. The quantitative estimate of drug-likeness (QED) is 0.338. The van der Waals surface area contributed by atoms with Gasteiger partial charge in [-0.15, -0.1) is 0 Å². The van der Waals surface area contributed by atoms with E-state index in [0.29, 0.717) is 28.8 Å². The number of para-hydroxylation sites is 1. The van der Waals surface area contributed by atoms with Crippen molar-refractivity contribution in [3.63, 3.8) is 0 Å². The number of benzene rings is 2. The smallest absolute Gasteiger partial charge is 0.251 e. The lowest BCUT2D eigenvalue weighted by Gasteiger charge is -2.33. The van der Waals surface area contributed by atoms with Gasteiger partial charge in [0.1, 0.15) is 11.3 Å². The molecule has 2 heterocycles. The number of halogens is 1. The average Bonchev–Trinajstić information content (AvgIpc) is 2.93. The van der Waals surface area contributed by atoms with Crippen molar-refractivity contribution in [1.29, 1.82) is 0 Å². The summed E-state index contributed by atoms with van der Waals surface area (Å²) in [6.45, 7) is 2.09. The summed E-state index contributed by atoms with van der Waals surface area (Å²) in [5.41, 5.74) is 4.24. The number of carbonyl (C=O) groups excluding carboxylic acids is 1. The molecule has 0 unspecified atom stereocenters. The molecule has 2 aromatic carbocycles. The van der Waals surface area contributed by atoms with Crippen LogP contribution in [0.25, 0.3) is 22.0 Å². The number of ether oxygens (including phenoxy) is 1. The largest absolute Gasteiger partial charge is 0.481 e. The number of methoxy groups -OCH3 is 1. The summed E-state index contributed by atoms with van der Waals surface area (Å²) in [5.74, 6) is 1.05. The van der Waals surface area contributed by atoms with Crippen LogP contribution < -0.4 is 10.1 Å². The molecule has 5 rings (SSSR count). The van der Waals surface area contributed by atoms with Crippen molar-refractivity contribution in [3.8, 4) is 17.0 Å². The van der Waals surface area contributed by atoms with Gasteiger partial charge in [0.25, 0.3) is 5.91 Å². The maximum Gasteiger partial charge on any atom is 0.251 e. The van der Waals surface area contributed by atoms with Gasteiger partial charge < -0.3 is 10.1 Å².